The Balaban J connectivity index is 3.15. The van der Waals surface area contributed by atoms with E-state index in [0.717, 1.165) is 11.8 Å². The van der Waals surface area contributed by atoms with E-state index in [0.29, 0.717) is 5.56 Å². The molecule has 0 aromatic heterocycles. The van der Waals surface area contributed by atoms with E-state index < -0.39 is 11.9 Å². The first-order chi connectivity index (χ1) is 8.06. The number of esters is 2. The summed E-state index contributed by atoms with van der Waals surface area (Å²) in [6.45, 7) is 3.13. The summed E-state index contributed by atoms with van der Waals surface area (Å²) in [6, 6.07) is 7.29. The molecule has 0 heterocycles. The van der Waals surface area contributed by atoms with Crippen LogP contribution in [0.4, 0.5) is 0 Å². The van der Waals surface area contributed by atoms with E-state index in [4.69, 9.17) is 4.74 Å². The number of benzene rings is 1. The zero-order chi connectivity index (χ0) is 12.8. The van der Waals surface area contributed by atoms with Gasteiger partial charge in [0.05, 0.1) is 7.11 Å². The van der Waals surface area contributed by atoms with E-state index in [-0.39, 0.29) is 5.57 Å². The lowest BCUT2D eigenvalue weighted by Gasteiger charge is -2.08. The molecule has 1 aromatic carbocycles. The van der Waals surface area contributed by atoms with Crippen molar-refractivity contribution >= 4 is 17.5 Å². The summed E-state index contributed by atoms with van der Waals surface area (Å²) in [5.74, 6) is -1.03. The number of aryl methyl sites for hydroxylation is 1. The molecule has 0 saturated heterocycles. The molecule has 0 bridgehead atoms. The second kappa shape index (κ2) is 5.84. The first-order valence-electron chi connectivity index (χ1n) is 5.08. The van der Waals surface area contributed by atoms with Crippen molar-refractivity contribution in [2.24, 2.45) is 0 Å². The zero-order valence-corrected chi connectivity index (χ0v) is 10.0. The molecule has 0 saturated carbocycles. The van der Waals surface area contributed by atoms with Crippen molar-refractivity contribution in [3.8, 4) is 0 Å². The third kappa shape index (κ3) is 3.45. The largest absolute Gasteiger partial charge is 0.465 e. The molecule has 0 amide bonds. The van der Waals surface area contributed by atoms with Gasteiger partial charge >= 0.3 is 11.9 Å². The van der Waals surface area contributed by atoms with Gasteiger partial charge in [-0.3, -0.25) is 4.79 Å². The van der Waals surface area contributed by atoms with Crippen molar-refractivity contribution in [1.82, 2.24) is 0 Å². The number of ether oxygens (including phenoxy) is 2. The molecule has 0 aliphatic rings. The Bertz CT molecular complexity index is 460. The van der Waals surface area contributed by atoms with Gasteiger partial charge in [0.2, 0.25) is 0 Å². The van der Waals surface area contributed by atoms with Crippen molar-refractivity contribution in [3.63, 3.8) is 0 Å². The van der Waals surface area contributed by atoms with Crippen molar-refractivity contribution in [2.75, 3.05) is 7.11 Å². The molecule has 1 aromatic rings. The third-order valence-electron chi connectivity index (χ3n) is 2.18. The molecular formula is C13H14O4. The molecule has 1 rings (SSSR count). The van der Waals surface area contributed by atoms with E-state index in [9.17, 15) is 9.59 Å². The highest BCUT2D eigenvalue weighted by Crippen LogP contribution is 2.20. The SMILES string of the molecule is COC(=O)C(=COC(C)=O)c1ccccc1C. The molecule has 4 nitrogen and oxygen atoms in total. The fourth-order valence-corrected chi connectivity index (χ4v) is 1.35. The Hall–Kier alpha value is -2.10. The highest BCUT2D eigenvalue weighted by Gasteiger charge is 2.15. The molecular weight excluding hydrogens is 220 g/mol. The zero-order valence-electron chi connectivity index (χ0n) is 10.0. The molecule has 0 radical (unpaired) electrons. The number of hydrogen-bond donors (Lipinski definition) is 0. The normalized spacial score (nSPS) is 10.9. The monoisotopic (exact) mass is 234 g/mol. The minimum absolute atomic E-state index is 0.223. The highest BCUT2D eigenvalue weighted by molar-refractivity contribution is 6.16. The number of hydrogen-bond acceptors (Lipinski definition) is 4. The van der Waals surface area contributed by atoms with Crippen LogP contribution in [-0.2, 0) is 19.1 Å². The Kier molecular flexibility index (Phi) is 4.46. The van der Waals surface area contributed by atoms with Gasteiger partial charge in [0.15, 0.2) is 0 Å². The fourth-order valence-electron chi connectivity index (χ4n) is 1.35. The summed E-state index contributed by atoms with van der Waals surface area (Å²) < 4.78 is 9.39. The van der Waals surface area contributed by atoms with Crippen LogP contribution in [0.25, 0.3) is 5.57 Å². The summed E-state index contributed by atoms with van der Waals surface area (Å²) in [4.78, 5) is 22.4. The lowest BCUT2D eigenvalue weighted by Crippen LogP contribution is -2.06. The van der Waals surface area contributed by atoms with Gasteiger partial charge in [-0.1, -0.05) is 24.3 Å². The van der Waals surface area contributed by atoms with Gasteiger partial charge in [-0.25, -0.2) is 4.79 Å². The third-order valence-corrected chi connectivity index (χ3v) is 2.18. The topological polar surface area (TPSA) is 52.6 Å². The quantitative estimate of drug-likeness (QED) is 0.456. The van der Waals surface area contributed by atoms with Crippen LogP contribution in [0.3, 0.4) is 0 Å². The molecule has 0 atom stereocenters. The number of methoxy groups -OCH3 is 1. The van der Waals surface area contributed by atoms with E-state index in [1.54, 1.807) is 12.1 Å². The summed E-state index contributed by atoms with van der Waals surface area (Å²) in [5.41, 5.74) is 1.80. The summed E-state index contributed by atoms with van der Waals surface area (Å²) in [6.07, 6.45) is 1.12. The van der Waals surface area contributed by atoms with Crippen molar-refractivity contribution in [3.05, 3.63) is 41.7 Å². The number of carbonyl (C=O) groups is 2. The average molecular weight is 234 g/mol. The molecule has 0 aliphatic carbocycles. The van der Waals surface area contributed by atoms with Crippen LogP contribution in [0.5, 0.6) is 0 Å². The summed E-state index contributed by atoms with van der Waals surface area (Å²) >= 11 is 0. The molecule has 0 spiro atoms. The van der Waals surface area contributed by atoms with Crippen LogP contribution in [-0.4, -0.2) is 19.0 Å². The second-order valence-electron chi connectivity index (χ2n) is 3.45. The van der Waals surface area contributed by atoms with Crippen LogP contribution in [0, 0.1) is 6.92 Å². The van der Waals surface area contributed by atoms with Crippen LogP contribution < -0.4 is 0 Å². The minimum Gasteiger partial charge on any atom is -0.465 e. The summed E-state index contributed by atoms with van der Waals surface area (Å²) in [7, 11) is 1.28. The Morgan fingerprint density at radius 2 is 1.88 bits per heavy atom. The van der Waals surface area contributed by atoms with Gasteiger partial charge in [-0.05, 0) is 18.1 Å². The lowest BCUT2D eigenvalue weighted by atomic mass is 10.0. The van der Waals surface area contributed by atoms with Gasteiger partial charge in [0.25, 0.3) is 0 Å². The lowest BCUT2D eigenvalue weighted by molar-refractivity contribution is -0.135. The van der Waals surface area contributed by atoms with E-state index >= 15 is 0 Å². The molecule has 90 valence electrons. The molecule has 4 heteroatoms. The minimum atomic E-state index is -0.541. The van der Waals surface area contributed by atoms with Gasteiger partial charge in [0, 0.05) is 6.92 Å². The second-order valence-corrected chi connectivity index (χ2v) is 3.45. The van der Waals surface area contributed by atoms with E-state index in [1.807, 2.05) is 19.1 Å². The fraction of sp³-hybridized carbons (Fsp3) is 0.231. The van der Waals surface area contributed by atoms with Crippen molar-refractivity contribution < 1.29 is 19.1 Å². The highest BCUT2D eigenvalue weighted by atomic mass is 16.5. The molecule has 17 heavy (non-hydrogen) atoms. The maximum Gasteiger partial charge on any atom is 0.341 e. The van der Waals surface area contributed by atoms with Crippen molar-refractivity contribution in [2.45, 2.75) is 13.8 Å². The first-order valence-corrected chi connectivity index (χ1v) is 5.08. The average Bonchev–Trinajstić information content (AvgIpc) is 2.30. The molecule has 0 unspecified atom stereocenters. The van der Waals surface area contributed by atoms with E-state index in [2.05, 4.69) is 4.74 Å². The molecule has 0 aliphatic heterocycles. The maximum atomic E-state index is 11.6. The van der Waals surface area contributed by atoms with Gasteiger partial charge in [-0.2, -0.15) is 0 Å². The van der Waals surface area contributed by atoms with Crippen molar-refractivity contribution in [1.29, 1.82) is 0 Å². The Labute approximate surface area is 99.8 Å². The van der Waals surface area contributed by atoms with Crippen LogP contribution in [0.2, 0.25) is 0 Å². The Morgan fingerprint density at radius 1 is 1.24 bits per heavy atom. The van der Waals surface area contributed by atoms with Crippen LogP contribution in [0.15, 0.2) is 30.5 Å². The van der Waals surface area contributed by atoms with Crippen LogP contribution >= 0.6 is 0 Å². The smallest absolute Gasteiger partial charge is 0.341 e. The van der Waals surface area contributed by atoms with Gasteiger partial charge < -0.3 is 9.47 Å². The van der Waals surface area contributed by atoms with E-state index in [1.165, 1.54) is 14.0 Å². The predicted molar refractivity (Wildman–Crippen MR) is 62.9 cm³/mol. The Morgan fingerprint density at radius 3 is 2.41 bits per heavy atom. The predicted octanol–water partition coefficient (Wildman–Crippen LogP) is 2.07. The van der Waals surface area contributed by atoms with Crippen LogP contribution in [0.1, 0.15) is 18.1 Å². The molecule has 0 N–H and O–H groups in total. The summed E-state index contributed by atoms with van der Waals surface area (Å²) in [5, 5.41) is 0. The van der Waals surface area contributed by atoms with Gasteiger partial charge in [0.1, 0.15) is 11.8 Å². The first kappa shape index (κ1) is 13.0. The standard InChI is InChI=1S/C13H14O4/c1-9-6-4-5-7-11(9)12(13(15)16-3)8-17-10(2)14/h4-8H,1-3H3. The molecule has 0 fully saturated rings. The number of rotatable bonds is 3. The van der Waals surface area contributed by atoms with Gasteiger partial charge in [-0.15, -0.1) is 0 Å². The maximum absolute atomic E-state index is 11.6. The number of carbonyl (C=O) groups excluding carboxylic acids is 2.